The minimum Gasteiger partial charge on any atom is -0.375 e. The van der Waals surface area contributed by atoms with Crippen LogP contribution >= 0.6 is 0 Å². The van der Waals surface area contributed by atoms with Gasteiger partial charge in [0.05, 0.1) is 18.8 Å². The number of benzene rings is 2. The van der Waals surface area contributed by atoms with Gasteiger partial charge in [-0.15, -0.1) is 0 Å². The number of ether oxygens (including phenoxy) is 1. The molecule has 1 saturated heterocycles. The van der Waals surface area contributed by atoms with Gasteiger partial charge in [-0.3, -0.25) is 0 Å². The van der Waals surface area contributed by atoms with Gasteiger partial charge < -0.3 is 20.3 Å². The molecule has 2 aromatic rings. The van der Waals surface area contributed by atoms with Crippen molar-refractivity contribution in [3.8, 4) is 0 Å². The molecule has 0 radical (unpaired) electrons. The van der Waals surface area contributed by atoms with Crippen LogP contribution in [0.2, 0.25) is 0 Å². The molecule has 0 aliphatic carbocycles. The first kappa shape index (κ1) is 19.2. The number of amides is 2. The van der Waals surface area contributed by atoms with Gasteiger partial charge in [0.1, 0.15) is 0 Å². The number of carbonyl (C=O) groups excluding carboxylic acids is 1. The van der Waals surface area contributed by atoms with Crippen LogP contribution in [0.1, 0.15) is 32.4 Å². The smallest absolute Gasteiger partial charge is 0.319 e. The van der Waals surface area contributed by atoms with Gasteiger partial charge in [-0.2, -0.15) is 0 Å². The molecule has 3 rings (SSSR count). The van der Waals surface area contributed by atoms with Crippen LogP contribution in [0.5, 0.6) is 0 Å². The van der Waals surface area contributed by atoms with Crippen molar-refractivity contribution in [1.29, 1.82) is 0 Å². The SMILES string of the molecule is CC1CN(c2ccc(NC(=O)NC(c3ccccc3)C(C)C)cc2)CCO1. The molecule has 2 unspecified atom stereocenters. The summed E-state index contributed by atoms with van der Waals surface area (Å²) in [5.74, 6) is 0.295. The minimum absolute atomic E-state index is 0.0275. The van der Waals surface area contributed by atoms with Crippen LogP contribution in [0.25, 0.3) is 0 Å². The van der Waals surface area contributed by atoms with Gasteiger partial charge >= 0.3 is 6.03 Å². The van der Waals surface area contributed by atoms with E-state index >= 15 is 0 Å². The predicted octanol–water partition coefficient (Wildman–Crippen LogP) is 4.43. The van der Waals surface area contributed by atoms with E-state index in [4.69, 9.17) is 4.74 Å². The zero-order chi connectivity index (χ0) is 19.2. The van der Waals surface area contributed by atoms with E-state index in [2.05, 4.69) is 36.3 Å². The normalized spacial score (nSPS) is 18.2. The average molecular weight is 367 g/mol. The van der Waals surface area contributed by atoms with E-state index in [-0.39, 0.29) is 18.2 Å². The predicted molar refractivity (Wildman–Crippen MR) is 110 cm³/mol. The van der Waals surface area contributed by atoms with Crippen molar-refractivity contribution in [1.82, 2.24) is 5.32 Å². The number of hydrogen-bond acceptors (Lipinski definition) is 3. The Labute approximate surface area is 161 Å². The molecule has 1 fully saturated rings. The van der Waals surface area contributed by atoms with E-state index < -0.39 is 0 Å². The van der Waals surface area contributed by atoms with Crippen molar-refractivity contribution in [2.45, 2.75) is 32.9 Å². The second kappa shape index (κ2) is 8.91. The number of anilines is 2. The van der Waals surface area contributed by atoms with Gasteiger partial charge in [0, 0.05) is 24.5 Å². The average Bonchev–Trinajstić information content (AvgIpc) is 2.67. The summed E-state index contributed by atoms with van der Waals surface area (Å²) >= 11 is 0. The molecule has 1 aliphatic heterocycles. The quantitative estimate of drug-likeness (QED) is 0.822. The number of morpholine rings is 1. The molecule has 5 nitrogen and oxygen atoms in total. The fraction of sp³-hybridized carbons (Fsp3) is 0.409. The second-order valence-corrected chi connectivity index (χ2v) is 7.41. The van der Waals surface area contributed by atoms with Crippen LogP contribution in [0.3, 0.4) is 0 Å². The Balaban J connectivity index is 1.60. The highest BCUT2D eigenvalue weighted by molar-refractivity contribution is 5.89. The molecule has 2 amide bonds. The number of nitrogens with one attached hydrogen (secondary N) is 2. The highest BCUT2D eigenvalue weighted by Crippen LogP contribution is 2.23. The first-order valence-corrected chi connectivity index (χ1v) is 9.62. The van der Waals surface area contributed by atoms with E-state index in [9.17, 15) is 4.79 Å². The molecular formula is C22H29N3O2. The Bertz CT molecular complexity index is 731. The molecule has 0 spiro atoms. The van der Waals surface area contributed by atoms with Crippen LogP contribution in [0, 0.1) is 5.92 Å². The van der Waals surface area contributed by atoms with Crippen molar-refractivity contribution in [2.75, 3.05) is 29.9 Å². The molecule has 1 heterocycles. The fourth-order valence-corrected chi connectivity index (χ4v) is 3.41. The lowest BCUT2D eigenvalue weighted by molar-refractivity contribution is 0.0532. The van der Waals surface area contributed by atoms with Crippen molar-refractivity contribution >= 4 is 17.4 Å². The number of urea groups is 1. The molecule has 5 heteroatoms. The lowest BCUT2D eigenvalue weighted by Crippen LogP contribution is -2.41. The molecule has 2 atom stereocenters. The molecule has 144 valence electrons. The third-order valence-electron chi connectivity index (χ3n) is 4.84. The molecule has 0 saturated carbocycles. The Morgan fingerprint density at radius 2 is 1.81 bits per heavy atom. The number of rotatable bonds is 5. The van der Waals surface area contributed by atoms with Gasteiger partial charge in [-0.1, -0.05) is 44.2 Å². The number of hydrogen-bond donors (Lipinski definition) is 2. The molecule has 2 N–H and O–H groups in total. The van der Waals surface area contributed by atoms with Gasteiger partial charge in [0.2, 0.25) is 0 Å². The Hall–Kier alpha value is -2.53. The van der Waals surface area contributed by atoms with Crippen molar-refractivity contribution in [3.05, 3.63) is 60.2 Å². The topological polar surface area (TPSA) is 53.6 Å². The van der Waals surface area contributed by atoms with E-state index in [1.54, 1.807) is 0 Å². The van der Waals surface area contributed by atoms with E-state index in [1.807, 2.05) is 54.6 Å². The third kappa shape index (κ3) is 5.23. The van der Waals surface area contributed by atoms with Gasteiger partial charge in [0.25, 0.3) is 0 Å². The minimum atomic E-state index is -0.190. The van der Waals surface area contributed by atoms with Crippen LogP contribution in [-0.4, -0.2) is 31.8 Å². The summed E-state index contributed by atoms with van der Waals surface area (Å²) in [6, 6.07) is 17.8. The molecule has 2 aromatic carbocycles. The first-order chi connectivity index (χ1) is 13.0. The zero-order valence-corrected chi connectivity index (χ0v) is 16.3. The zero-order valence-electron chi connectivity index (χ0n) is 16.3. The number of carbonyl (C=O) groups is 1. The fourth-order valence-electron chi connectivity index (χ4n) is 3.41. The summed E-state index contributed by atoms with van der Waals surface area (Å²) in [7, 11) is 0. The van der Waals surface area contributed by atoms with Crippen molar-refractivity contribution in [2.24, 2.45) is 5.92 Å². The summed E-state index contributed by atoms with van der Waals surface area (Å²) in [6.07, 6.45) is 0.244. The maximum Gasteiger partial charge on any atom is 0.319 e. The molecule has 1 aliphatic rings. The molecular weight excluding hydrogens is 338 g/mol. The molecule has 0 bridgehead atoms. The Morgan fingerprint density at radius 3 is 2.44 bits per heavy atom. The van der Waals surface area contributed by atoms with Gasteiger partial charge in [0.15, 0.2) is 0 Å². The first-order valence-electron chi connectivity index (χ1n) is 9.62. The van der Waals surface area contributed by atoms with Crippen LogP contribution in [-0.2, 0) is 4.74 Å². The van der Waals surface area contributed by atoms with E-state index in [1.165, 1.54) is 0 Å². The standard InChI is InChI=1S/C22H29N3O2/c1-16(2)21(18-7-5-4-6-8-18)24-22(26)23-19-9-11-20(12-10-19)25-13-14-27-17(3)15-25/h4-12,16-17,21H,13-15H2,1-3H3,(H2,23,24,26). The van der Waals surface area contributed by atoms with Crippen molar-refractivity contribution < 1.29 is 9.53 Å². The highest BCUT2D eigenvalue weighted by Gasteiger charge is 2.19. The summed E-state index contributed by atoms with van der Waals surface area (Å²) in [4.78, 5) is 14.8. The third-order valence-corrected chi connectivity index (χ3v) is 4.84. The lowest BCUT2D eigenvalue weighted by Gasteiger charge is -2.33. The van der Waals surface area contributed by atoms with E-state index in [0.717, 1.165) is 36.6 Å². The van der Waals surface area contributed by atoms with Crippen LogP contribution in [0.4, 0.5) is 16.2 Å². The van der Waals surface area contributed by atoms with Gasteiger partial charge in [-0.05, 0) is 42.7 Å². The highest BCUT2D eigenvalue weighted by atomic mass is 16.5. The van der Waals surface area contributed by atoms with E-state index in [0.29, 0.717) is 5.92 Å². The summed E-state index contributed by atoms with van der Waals surface area (Å²) in [6.45, 7) is 8.83. The summed E-state index contributed by atoms with van der Waals surface area (Å²) < 4.78 is 5.59. The lowest BCUT2D eigenvalue weighted by atomic mass is 9.96. The second-order valence-electron chi connectivity index (χ2n) is 7.41. The largest absolute Gasteiger partial charge is 0.375 e. The number of nitrogens with zero attached hydrogens (tertiary/aromatic N) is 1. The summed E-state index contributed by atoms with van der Waals surface area (Å²) in [5, 5.41) is 6.03. The molecule has 0 aromatic heterocycles. The summed E-state index contributed by atoms with van der Waals surface area (Å²) in [5.41, 5.74) is 3.05. The van der Waals surface area contributed by atoms with Crippen LogP contribution in [0.15, 0.2) is 54.6 Å². The molecule has 27 heavy (non-hydrogen) atoms. The monoisotopic (exact) mass is 367 g/mol. The van der Waals surface area contributed by atoms with Crippen LogP contribution < -0.4 is 15.5 Å². The maximum atomic E-state index is 12.5. The maximum absolute atomic E-state index is 12.5. The Morgan fingerprint density at radius 1 is 1.11 bits per heavy atom. The Kier molecular flexibility index (Phi) is 6.35. The van der Waals surface area contributed by atoms with Gasteiger partial charge in [-0.25, -0.2) is 4.79 Å². The van der Waals surface area contributed by atoms with Crippen molar-refractivity contribution in [3.63, 3.8) is 0 Å².